The molecular weight excluding hydrogens is 253 g/mol. The van der Waals surface area contributed by atoms with Crippen LogP contribution in [0.3, 0.4) is 0 Å². The van der Waals surface area contributed by atoms with Gasteiger partial charge in [-0.15, -0.1) is 0 Å². The zero-order chi connectivity index (χ0) is 12.1. The van der Waals surface area contributed by atoms with Crippen molar-refractivity contribution in [2.75, 3.05) is 0 Å². The number of alkyl halides is 2. The van der Waals surface area contributed by atoms with E-state index in [1.165, 1.54) is 0 Å². The second-order valence-corrected chi connectivity index (χ2v) is 4.03. The summed E-state index contributed by atoms with van der Waals surface area (Å²) in [5, 5.41) is 0. The third-order valence-electron chi connectivity index (χ3n) is 1.77. The maximum absolute atomic E-state index is 11.1. The molecule has 0 saturated heterocycles. The van der Waals surface area contributed by atoms with Crippen LogP contribution in [-0.4, -0.2) is 16.7 Å². The fraction of sp³-hybridized carbons (Fsp3) is 0.200. The molecule has 1 aromatic carbocycles. The number of ether oxygens (including phenoxy) is 1. The number of esters is 1. The smallest absolute Gasteiger partial charge is 0.340 e. The summed E-state index contributed by atoms with van der Waals surface area (Å²) >= 11 is 10.6. The lowest BCUT2D eigenvalue weighted by Crippen LogP contribution is -2.28. The molecule has 0 radical (unpaired) electrons. The summed E-state index contributed by atoms with van der Waals surface area (Å²) in [6.45, 7) is 0. The average Bonchev–Trinajstić information content (AvgIpc) is 2.26. The minimum Gasteiger partial charge on any atom is -0.445 e. The number of carbonyl (C=O) groups excluding carboxylic acids is 2. The van der Waals surface area contributed by atoms with Crippen molar-refractivity contribution < 1.29 is 14.3 Å². The molecule has 0 aromatic heterocycles. The molecule has 0 aliphatic heterocycles. The van der Waals surface area contributed by atoms with Gasteiger partial charge in [-0.25, -0.2) is 4.79 Å². The van der Waals surface area contributed by atoms with Gasteiger partial charge in [0.05, 0.1) is 0 Å². The van der Waals surface area contributed by atoms with Crippen molar-refractivity contribution in [2.45, 2.75) is 10.9 Å². The quantitative estimate of drug-likeness (QED) is 0.661. The number of halogens is 2. The predicted octanol–water partition coefficient (Wildman–Crippen LogP) is 1.56. The largest absolute Gasteiger partial charge is 0.445 e. The highest BCUT2D eigenvalue weighted by Crippen LogP contribution is 2.19. The van der Waals surface area contributed by atoms with E-state index in [1.807, 2.05) is 0 Å². The normalized spacial score (nSPS) is 12.2. The molecule has 1 rings (SSSR count). The van der Waals surface area contributed by atoms with Crippen LogP contribution in [0.5, 0.6) is 0 Å². The van der Waals surface area contributed by atoms with Gasteiger partial charge in [-0.2, -0.15) is 0 Å². The zero-order valence-electron chi connectivity index (χ0n) is 8.10. The van der Waals surface area contributed by atoms with Gasteiger partial charge >= 0.3 is 5.97 Å². The first-order valence-electron chi connectivity index (χ1n) is 4.35. The van der Waals surface area contributed by atoms with E-state index < -0.39 is 22.8 Å². The lowest BCUT2D eigenvalue weighted by atomic mass is 10.1. The number of benzene rings is 1. The molecule has 1 atom stereocenters. The van der Waals surface area contributed by atoms with E-state index in [9.17, 15) is 9.59 Å². The molecule has 1 unspecified atom stereocenters. The first-order valence-corrected chi connectivity index (χ1v) is 5.22. The molecule has 0 aliphatic carbocycles. The maximum Gasteiger partial charge on any atom is 0.340 e. The van der Waals surface area contributed by atoms with E-state index in [0.29, 0.717) is 5.56 Å². The third kappa shape index (κ3) is 3.40. The summed E-state index contributed by atoms with van der Waals surface area (Å²) in [5.41, 5.74) is 5.58. The van der Waals surface area contributed by atoms with Gasteiger partial charge in [0.25, 0.3) is 5.91 Å². The molecule has 4 nitrogen and oxygen atoms in total. The van der Waals surface area contributed by atoms with Crippen LogP contribution in [0.15, 0.2) is 30.3 Å². The lowest BCUT2D eigenvalue weighted by Gasteiger charge is -2.15. The van der Waals surface area contributed by atoms with Crippen LogP contribution >= 0.6 is 23.2 Å². The van der Waals surface area contributed by atoms with Gasteiger partial charge in [-0.05, 0) is 0 Å². The van der Waals surface area contributed by atoms with Crippen molar-refractivity contribution in [1.29, 1.82) is 0 Å². The van der Waals surface area contributed by atoms with Crippen molar-refractivity contribution >= 4 is 35.1 Å². The van der Waals surface area contributed by atoms with Crippen LogP contribution in [-0.2, 0) is 14.3 Å². The van der Waals surface area contributed by atoms with E-state index in [1.54, 1.807) is 30.3 Å². The Balaban J connectivity index is 2.85. The molecule has 1 amide bonds. The molecule has 16 heavy (non-hydrogen) atoms. The number of amides is 1. The van der Waals surface area contributed by atoms with Crippen LogP contribution < -0.4 is 5.73 Å². The number of carbonyl (C=O) groups is 2. The van der Waals surface area contributed by atoms with Gasteiger partial charge in [0.2, 0.25) is 10.9 Å². The standard InChI is InChI=1S/C10H9Cl2NO3/c11-8(12)10(15)16-7(9(13)14)6-4-2-1-3-5-6/h1-5,7-8H,(H2,13,14). The van der Waals surface area contributed by atoms with Crippen LogP contribution in [0.25, 0.3) is 0 Å². The van der Waals surface area contributed by atoms with Crippen molar-refractivity contribution in [3.05, 3.63) is 35.9 Å². The van der Waals surface area contributed by atoms with Gasteiger partial charge in [-0.1, -0.05) is 53.5 Å². The van der Waals surface area contributed by atoms with Crippen molar-refractivity contribution in [3.8, 4) is 0 Å². The molecule has 1 aromatic rings. The van der Waals surface area contributed by atoms with Crippen LogP contribution in [0.1, 0.15) is 11.7 Å². The molecule has 2 N–H and O–H groups in total. The highest BCUT2D eigenvalue weighted by atomic mass is 35.5. The van der Waals surface area contributed by atoms with E-state index in [2.05, 4.69) is 0 Å². The SMILES string of the molecule is NC(=O)C(OC(=O)C(Cl)Cl)c1ccccc1. The number of hydrogen-bond acceptors (Lipinski definition) is 3. The molecule has 0 aliphatic rings. The molecule has 6 heteroatoms. The van der Waals surface area contributed by atoms with E-state index in [-0.39, 0.29) is 0 Å². The minimum atomic E-state index is -1.34. The Labute approximate surface area is 102 Å². The Hall–Kier alpha value is -1.26. The van der Waals surface area contributed by atoms with Crippen molar-refractivity contribution in [1.82, 2.24) is 0 Å². The molecule has 0 spiro atoms. The summed E-state index contributed by atoms with van der Waals surface area (Å²) in [7, 11) is 0. The Morgan fingerprint density at radius 3 is 2.19 bits per heavy atom. The van der Waals surface area contributed by atoms with Crippen LogP contribution in [0.4, 0.5) is 0 Å². The van der Waals surface area contributed by atoms with Crippen molar-refractivity contribution in [3.63, 3.8) is 0 Å². The monoisotopic (exact) mass is 261 g/mol. The number of hydrogen-bond donors (Lipinski definition) is 1. The Morgan fingerprint density at radius 2 is 1.75 bits per heavy atom. The molecule has 0 fully saturated rings. The molecule has 86 valence electrons. The van der Waals surface area contributed by atoms with Crippen LogP contribution in [0, 0.1) is 0 Å². The summed E-state index contributed by atoms with van der Waals surface area (Å²) in [6, 6.07) is 8.37. The highest BCUT2D eigenvalue weighted by molar-refractivity contribution is 6.52. The number of nitrogens with two attached hydrogens (primary N) is 1. The average molecular weight is 262 g/mol. The van der Waals surface area contributed by atoms with Gasteiger partial charge in [0.15, 0.2) is 0 Å². The Morgan fingerprint density at radius 1 is 1.19 bits per heavy atom. The number of rotatable bonds is 4. The first-order chi connectivity index (χ1) is 7.52. The summed E-state index contributed by atoms with van der Waals surface area (Å²) in [4.78, 5) is 20.9. The van der Waals surface area contributed by atoms with E-state index in [4.69, 9.17) is 33.7 Å². The second-order valence-electron chi connectivity index (χ2n) is 2.93. The Bertz CT molecular complexity index is 381. The van der Waals surface area contributed by atoms with Gasteiger partial charge in [0, 0.05) is 5.56 Å². The van der Waals surface area contributed by atoms with Gasteiger partial charge in [0.1, 0.15) is 0 Å². The number of primary amides is 1. The van der Waals surface area contributed by atoms with Crippen LogP contribution in [0.2, 0.25) is 0 Å². The minimum absolute atomic E-state index is 0.470. The molecule has 0 saturated carbocycles. The van der Waals surface area contributed by atoms with Crippen molar-refractivity contribution in [2.24, 2.45) is 5.73 Å². The van der Waals surface area contributed by atoms with Gasteiger partial charge < -0.3 is 10.5 Å². The zero-order valence-corrected chi connectivity index (χ0v) is 9.61. The van der Waals surface area contributed by atoms with E-state index >= 15 is 0 Å². The third-order valence-corrected chi connectivity index (χ3v) is 2.13. The summed E-state index contributed by atoms with van der Waals surface area (Å²) in [5.74, 6) is -1.69. The first kappa shape index (κ1) is 12.8. The maximum atomic E-state index is 11.1. The fourth-order valence-corrected chi connectivity index (χ4v) is 1.19. The highest BCUT2D eigenvalue weighted by Gasteiger charge is 2.25. The molecular formula is C10H9Cl2NO3. The summed E-state index contributed by atoms with van der Waals surface area (Å²) < 4.78 is 4.78. The lowest BCUT2D eigenvalue weighted by molar-refractivity contribution is -0.153. The molecule has 0 heterocycles. The predicted molar refractivity (Wildman–Crippen MR) is 60.0 cm³/mol. The Kier molecular flexibility index (Phi) is 4.58. The van der Waals surface area contributed by atoms with E-state index in [0.717, 1.165) is 0 Å². The molecule has 0 bridgehead atoms. The second kappa shape index (κ2) is 5.72. The van der Waals surface area contributed by atoms with Gasteiger partial charge in [-0.3, -0.25) is 4.79 Å². The fourth-order valence-electron chi connectivity index (χ4n) is 1.09. The summed E-state index contributed by atoms with van der Waals surface area (Å²) in [6.07, 6.45) is -1.17. The topological polar surface area (TPSA) is 69.4 Å².